The number of nitrogens with zero attached hydrogens (tertiary/aromatic N) is 1. The van der Waals surface area contributed by atoms with Crippen LogP contribution in [0.3, 0.4) is 0 Å². The van der Waals surface area contributed by atoms with Gasteiger partial charge in [-0.2, -0.15) is 0 Å². The van der Waals surface area contributed by atoms with Crippen LogP contribution in [0.2, 0.25) is 0 Å². The predicted octanol–water partition coefficient (Wildman–Crippen LogP) is 2.95. The van der Waals surface area contributed by atoms with Crippen molar-refractivity contribution in [3.05, 3.63) is 34.4 Å². The molecule has 1 fully saturated rings. The van der Waals surface area contributed by atoms with Crippen molar-refractivity contribution < 1.29 is 9.90 Å². The highest BCUT2D eigenvalue weighted by atomic mass is 16.4. The van der Waals surface area contributed by atoms with Gasteiger partial charge in [0.15, 0.2) is 0 Å². The Kier molecular flexibility index (Phi) is 4.81. The molecule has 1 saturated heterocycles. The molecule has 1 unspecified atom stereocenters. The van der Waals surface area contributed by atoms with Gasteiger partial charge in [0, 0.05) is 13.1 Å². The second-order valence-corrected chi connectivity index (χ2v) is 6.09. The molecule has 0 radical (unpaired) electrons. The van der Waals surface area contributed by atoms with Gasteiger partial charge in [0.05, 0.1) is 5.92 Å². The number of hydrogen-bond acceptors (Lipinski definition) is 2. The molecular formula is C17H25NO2. The standard InChI is InChI=1S/C17H25NO2/c1-12-9-14(3)15(10-13(12)2)6-8-18-7-4-5-16(11-18)17(19)20/h9-10,16H,4-8,11H2,1-3H3,(H,19,20). The summed E-state index contributed by atoms with van der Waals surface area (Å²) in [5.74, 6) is -0.818. The van der Waals surface area contributed by atoms with Gasteiger partial charge in [-0.05, 0) is 68.8 Å². The Hall–Kier alpha value is -1.35. The molecule has 0 spiro atoms. The minimum Gasteiger partial charge on any atom is -0.481 e. The molecule has 0 aliphatic carbocycles. The van der Waals surface area contributed by atoms with Gasteiger partial charge < -0.3 is 10.0 Å². The lowest BCUT2D eigenvalue weighted by Gasteiger charge is -2.30. The largest absolute Gasteiger partial charge is 0.481 e. The zero-order valence-electron chi connectivity index (χ0n) is 12.8. The Morgan fingerprint density at radius 2 is 1.95 bits per heavy atom. The topological polar surface area (TPSA) is 40.5 Å². The van der Waals surface area contributed by atoms with Crippen LogP contribution in [0, 0.1) is 26.7 Å². The summed E-state index contributed by atoms with van der Waals surface area (Å²) < 4.78 is 0. The number of hydrogen-bond donors (Lipinski definition) is 1. The van der Waals surface area contributed by atoms with Crippen LogP contribution in [0.15, 0.2) is 12.1 Å². The number of benzene rings is 1. The first-order valence-corrected chi connectivity index (χ1v) is 7.49. The summed E-state index contributed by atoms with van der Waals surface area (Å²) >= 11 is 0. The molecular weight excluding hydrogens is 250 g/mol. The van der Waals surface area contributed by atoms with Crippen LogP contribution in [0.1, 0.15) is 35.1 Å². The molecule has 1 aliphatic heterocycles. The molecule has 3 heteroatoms. The second-order valence-electron chi connectivity index (χ2n) is 6.09. The molecule has 1 atom stereocenters. The molecule has 2 rings (SSSR count). The average Bonchev–Trinajstić information content (AvgIpc) is 2.41. The third-order valence-corrected chi connectivity index (χ3v) is 4.50. The lowest BCUT2D eigenvalue weighted by atomic mass is 9.96. The third kappa shape index (κ3) is 3.60. The van der Waals surface area contributed by atoms with Crippen LogP contribution >= 0.6 is 0 Å². The summed E-state index contributed by atoms with van der Waals surface area (Å²) in [5, 5.41) is 9.13. The van der Waals surface area contributed by atoms with E-state index in [2.05, 4.69) is 37.8 Å². The van der Waals surface area contributed by atoms with Crippen molar-refractivity contribution >= 4 is 5.97 Å². The van der Waals surface area contributed by atoms with Gasteiger partial charge in [0.1, 0.15) is 0 Å². The quantitative estimate of drug-likeness (QED) is 0.918. The number of carbonyl (C=O) groups is 1. The highest BCUT2D eigenvalue weighted by Crippen LogP contribution is 2.19. The van der Waals surface area contributed by atoms with Crippen molar-refractivity contribution in [3.63, 3.8) is 0 Å². The maximum absolute atomic E-state index is 11.1. The van der Waals surface area contributed by atoms with E-state index < -0.39 is 5.97 Å². The Labute approximate surface area is 121 Å². The monoisotopic (exact) mass is 275 g/mol. The highest BCUT2D eigenvalue weighted by Gasteiger charge is 2.24. The van der Waals surface area contributed by atoms with Crippen molar-refractivity contribution in [1.29, 1.82) is 0 Å². The molecule has 1 N–H and O–H groups in total. The van der Waals surface area contributed by atoms with E-state index in [1.807, 2.05) is 0 Å². The first kappa shape index (κ1) is 15.0. The lowest BCUT2D eigenvalue weighted by molar-refractivity contribution is -0.143. The van der Waals surface area contributed by atoms with E-state index in [1.54, 1.807) is 0 Å². The Morgan fingerprint density at radius 3 is 2.65 bits per heavy atom. The van der Waals surface area contributed by atoms with Crippen molar-refractivity contribution in [2.45, 2.75) is 40.0 Å². The highest BCUT2D eigenvalue weighted by molar-refractivity contribution is 5.70. The molecule has 0 aromatic heterocycles. The van der Waals surface area contributed by atoms with E-state index in [0.717, 1.165) is 32.4 Å². The maximum atomic E-state index is 11.1. The van der Waals surface area contributed by atoms with E-state index in [-0.39, 0.29) is 5.92 Å². The summed E-state index contributed by atoms with van der Waals surface area (Å²) in [6.07, 6.45) is 2.84. The smallest absolute Gasteiger partial charge is 0.307 e. The van der Waals surface area contributed by atoms with Gasteiger partial charge in [0.2, 0.25) is 0 Å². The fraction of sp³-hybridized carbons (Fsp3) is 0.588. The molecule has 0 amide bonds. The van der Waals surface area contributed by atoms with Crippen LogP contribution in [0.4, 0.5) is 0 Å². The van der Waals surface area contributed by atoms with Gasteiger partial charge in [-0.15, -0.1) is 0 Å². The second kappa shape index (κ2) is 6.40. The van der Waals surface area contributed by atoms with Crippen molar-refractivity contribution in [2.75, 3.05) is 19.6 Å². The van der Waals surface area contributed by atoms with Crippen LogP contribution < -0.4 is 0 Å². The number of aliphatic carboxylic acids is 1. The first-order valence-electron chi connectivity index (χ1n) is 7.49. The molecule has 0 saturated carbocycles. The average molecular weight is 275 g/mol. The van der Waals surface area contributed by atoms with Gasteiger partial charge in [-0.1, -0.05) is 12.1 Å². The molecule has 110 valence electrons. The summed E-state index contributed by atoms with van der Waals surface area (Å²) in [6, 6.07) is 4.53. The summed E-state index contributed by atoms with van der Waals surface area (Å²) in [4.78, 5) is 13.4. The number of likely N-dealkylation sites (tertiary alicyclic amines) is 1. The van der Waals surface area contributed by atoms with Crippen LogP contribution in [-0.2, 0) is 11.2 Å². The first-order chi connectivity index (χ1) is 9.47. The van der Waals surface area contributed by atoms with Crippen LogP contribution in [0.5, 0.6) is 0 Å². The van der Waals surface area contributed by atoms with Crippen molar-refractivity contribution in [3.8, 4) is 0 Å². The fourth-order valence-electron chi connectivity index (χ4n) is 3.03. The van der Waals surface area contributed by atoms with E-state index in [4.69, 9.17) is 5.11 Å². The van der Waals surface area contributed by atoms with Gasteiger partial charge in [0.25, 0.3) is 0 Å². The van der Waals surface area contributed by atoms with Crippen molar-refractivity contribution in [1.82, 2.24) is 4.90 Å². The summed E-state index contributed by atoms with van der Waals surface area (Å²) in [7, 11) is 0. The Morgan fingerprint density at radius 1 is 1.25 bits per heavy atom. The number of carboxylic acids is 1. The molecule has 1 aromatic carbocycles. The normalized spacial score (nSPS) is 20.1. The lowest BCUT2D eigenvalue weighted by Crippen LogP contribution is -2.39. The van der Waals surface area contributed by atoms with E-state index in [0.29, 0.717) is 6.54 Å². The summed E-state index contributed by atoms with van der Waals surface area (Å²) in [6.45, 7) is 9.17. The van der Waals surface area contributed by atoms with E-state index >= 15 is 0 Å². The molecule has 0 bridgehead atoms. The third-order valence-electron chi connectivity index (χ3n) is 4.50. The molecule has 1 heterocycles. The summed E-state index contributed by atoms with van der Waals surface area (Å²) in [5.41, 5.74) is 5.42. The zero-order chi connectivity index (χ0) is 14.7. The number of aryl methyl sites for hydroxylation is 3. The minimum absolute atomic E-state index is 0.176. The number of piperidine rings is 1. The maximum Gasteiger partial charge on any atom is 0.307 e. The number of carboxylic acid groups (broad SMARTS) is 1. The van der Waals surface area contributed by atoms with E-state index in [1.165, 1.54) is 22.3 Å². The fourth-order valence-corrected chi connectivity index (χ4v) is 3.03. The Bertz CT molecular complexity index is 496. The molecule has 1 aromatic rings. The van der Waals surface area contributed by atoms with Crippen LogP contribution in [0.25, 0.3) is 0 Å². The molecule has 1 aliphatic rings. The van der Waals surface area contributed by atoms with E-state index in [9.17, 15) is 4.79 Å². The molecule has 20 heavy (non-hydrogen) atoms. The van der Waals surface area contributed by atoms with Gasteiger partial charge in [-0.25, -0.2) is 0 Å². The van der Waals surface area contributed by atoms with Crippen LogP contribution in [-0.4, -0.2) is 35.6 Å². The van der Waals surface area contributed by atoms with Crippen molar-refractivity contribution in [2.24, 2.45) is 5.92 Å². The van der Waals surface area contributed by atoms with Gasteiger partial charge >= 0.3 is 5.97 Å². The minimum atomic E-state index is -0.642. The predicted molar refractivity (Wildman–Crippen MR) is 81.2 cm³/mol. The van der Waals surface area contributed by atoms with Gasteiger partial charge in [-0.3, -0.25) is 4.79 Å². The zero-order valence-corrected chi connectivity index (χ0v) is 12.8. The molecule has 3 nitrogen and oxygen atoms in total. The SMILES string of the molecule is Cc1cc(C)c(CCN2CCCC(C(=O)O)C2)cc1C. The Balaban J connectivity index is 1.95. The number of rotatable bonds is 4.